The topological polar surface area (TPSA) is 88.3 Å². The molecule has 1 unspecified atom stereocenters. The summed E-state index contributed by atoms with van der Waals surface area (Å²) in [5.41, 5.74) is 0. The largest absolute Gasteiger partial charge is 0.468 e. The SMILES string of the molecule is CN(C)C(CNS(=O)(=O)c1cnc(Cl)nc1)c1ccco1. The zero-order valence-corrected chi connectivity index (χ0v) is 13.1. The van der Waals surface area contributed by atoms with Gasteiger partial charge in [0.05, 0.1) is 24.7 Å². The average Bonchev–Trinajstić information content (AvgIpc) is 2.93. The molecule has 0 aromatic carbocycles. The number of furan rings is 1. The monoisotopic (exact) mass is 330 g/mol. The van der Waals surface area contributed by atoms with Gasteiger partial charge in [-0.05, 0) is 37.8 Å². The Hall–Kier alpha value is -1.48. The molecule has 2 aromatic heterocycles. The van der Waals surface area contributed by atoms with Crippen LogP contribution in [0.15, 0.2) is 40.1 Å². The lowest BCUT2D eigenvalue weighted by Gasteiger charge is -2.22. The predicted octanol–water partition coefficient (Wildman–Crippen LogP) is 1.30. The summed E-state index contributed by atoms with van der Waals surface area (Å²) in [6.07, 6.45) is 3.87. The number of halogens is 1. The smallest absolute Gasteiger partial charge is 0.243 e. The maximum Gasteiger partial charge on any atom is 0.243 e. The van der Waals surface area contributed by atoms with Gasteiger partial charge in [0.2, 0.25) is 15.3 Å². The molecule has 2 rings (SSSR count). The third-order valence-electron chi connectivity index (χ3n) is 2.87. The van der Waals surface area contributed by atoms with Crippen molar-refractivity contribution in [2.75, 3.05) is 20.6 Å². The third kappa shape index (κ3) is 4.01. The second kappa shape index (κ2) is 6.52. The van der Waals surface area contributed by atoms with Crippen LogP contribution in [0.25, 0.3) is 0 Å². The van der Waals surface area contributed by atoms with Gasteiger partial charge in [0.25, 0.3) is 0 Å². The first-order valence-electron chi connectivity index (χ1n) is 6.07. The first-order valence-corrected chi connectivity index (χ1v) is 7.93. The Morgan fingerprint density at radius 3 is 2.57 bits per heavy atom. The minimum atomic E-state index is -3.70. The summed E-state index contributed by atoms with van der Waals surface area (Å²) in [4.78, 5) is 9.15. The molecule has 9 heteroatoms. The Labute approximate surface area is 128 Å². The van der Waals surface area contributed by atoms with Crippen LogP contribution in [0.1, 0.15) is 11.8 Å². The van der Waals surface area contributed by atoms with Crippen molar-refractivity contribution in [2.45, 2.75) is 10.9 Å². The zero-order chi connectivity index (χ0) is 15.5. The van der Waals surface area contributed by atoms with Gasteiger partial charge in [0.1, 0.15) is 10.7 Å². The van der Waals surface area contributed by atoms with Crippen LogP contribution >= 0.6 is 11.6 Å². The van der Waals surface area contributed by atoms with Crippen molar-refractivity contribution in [3.8, 4) is 0 Å². The van der Waals surface area contributed by atoms with E-state index in [1.54, 1.807) is 18.4 Å². The fourth-order valence-electron chi connectivity index (χ4n) is 1.73. The molecule has 7 nitrogen and oxygen atoms in total. The summed E-state index contributed by atoms with van der Waals surface area (Å²) in [6.45, 7) is 0.158. The van der Waals surface area contributed by atoms with Crippen molar-refractivity contribution in [3.05, 3.63) is 41.8 Å². The molecular formula is C12H15ClN4O3S. The Morgan fingerprint density at radius 1 is 1.38 bits per heavy atom. The number of hydrogen-bond acceptors (Lipinski definition) is 6. The number of likely N-dealkylation sites (N-methyl/N-ethyl adjacent to an activating group) is 1. The van der Waals surface area contributed by atoms with Gasteiger partial charge >= 0.3 is 0 Å². The number of sulfonamides is 1. The standard InChI is InChI=1S/C12H15ClN4O3S/c1-17(2)10(11-4-3-5-20-11)8-16-21(18,19)9-6-14-12(13)15-7-9/h3-7,10,16H,8H2,1-2H3. The van der Waals surface area contributed by atoms with Gasteiger partial charge in [-0.2, -0.15) is 0 Å². The molecular weight excluding hydrogens is 316 g/mol. The first kappa shape index (κ1) is 15.9. The van der Waals surface area contributed by atoms with Crippen molar-refractivity contribution in [1.82, 2.24) is 19.6 Å². The van der Waals surface area contributed by atoms with Crippen LogP contribution in [0.5, 0.6) is 0 Å². The molecule has 0 saturated carbocycles. The Morgan fingerprint density at radius 2 is 2.05 bits per heavy atom. The van der Waals surface area contributed by atoms with E-state index in [9.17, 15) is 8.42 Å². The van der Waals surface area contributed by atoms with E-state index in [0.717, 1.165) is 12.4 Å². The lowest BCUT2D eigenvalue weighted by Crippen LogP contribution is -2.34. The molecule has 0 aliphatic heterocycles. The van der Waals surface area contributed by atoms with E-state index < -0.39 is 10.0 Å². The molecule has 114 valence electrons. The molecule has 1 N–H and O–H groups in total. The molecule has 0 saturated heterocycles. The number of aromatic nitrogens is 2. The van der Waals surface area contributed by atoms with Gasteiger partial charge in [0.15, 0.2) is 0 Å². The molecule has 21 heavy (non-hydrogen) atoms. The van der Waals surface area contributed by atoms with Crippen LogP contribution in [-0.4, -0.2) is 43.9 Å². The predicted molar refractivity (Wildman–Crippen MR) is 77.4 cm³/mol. The van der Waals surface area contributed by atoms with Crippen molar-refractivity contribution >= 4 is 21.6 Å². The van der Waals surface area contributed by atoms with Crippen LogP contribution in [0, 0.1) is 0 Å². The minimum Gasteiger partial charge on any atom is -0.468 e. The highest BCUT2D eigenvalue weighted by Crippen LogP contribution is 2.18. The minimum absolute atomic E-state index is 0.00398. The Bertz CT molecular complexity index is 671. The summed E-state index contributed by atoms with van der Waals surface area (Å²) >= 11 is 5.54. The number of hydrogen-bond donors (Lipinski definition) is 1. The van der Waals surface area contributed by atoms with E-state index in [1.807, 2.05) is 19.0 Å². The van der Waals surface area contributed by atoms with Crippen LogP contribution in [0.4, 0.5) is 0 Å². The maximum atomic E-state index is 12.2. The van der Waals surface area contributed by atoms with Crippen LogP contribution in [-0.2, 0) is 10.0 Å². The summed E-state index contributed by atoms with van der Waals surface area (Å²) in [6, 6.07) is 3.33. The normalized spacial score (nSPS) is 13.5. The molecule has 0 radical (unpaired) electrons. The van der Waals surface area contributed by atoms with Crippen LogP contribution in [0.3, 0.4) is 0 Å². The lowest BCUT2D eigenvalue weighted by atomic mass is 10.2. The van der Waals surface area contributed by atoms with Crippen LogP contribution < -0.4 is 4.72 Å². The van der Waals surface area contributed by atoms with E-state index in [4.69, 9.17) is 16.0 Å². The molecule has 0 bridgehead atoms. The van der Waals surface area contributed by atoms with Gasteiger partial charge in [-0.25, -0.2) is 23.1 Å². The van der Waals surface area contributed by atoms with Gasteiger partial charge < -0.3 is 4.42 Å². The second-order valence-electron chi connectivity index (χ2n) is 4.53. The fraction of sp³-hybridized carbons (Fsp3) is 0.333. The number of rotatable bonds is 6. The molecule has 0 spiro atoms. The van der Waals surface area contributed by atoms with Gasteiger partial charge in [-0.1, -0.05) is 0 Å². The van der Waals surface area contributed by atoms with E-state index in [2.05, 4.69) is 14.7 Å². The highest BCUT2D eigenvalue weighted by molar-refractivity contribution is 7.89. The highest BCUT2D eigenvalue weighted by atomic mass is 35.5. The van der Waals surface area contributed by atoms with E-state index in [-0.39, 0.29) is 22.8 Å². The lowest BCUT2D eigenvalue weighted by molar-refractivity contribution is 0.259. The van der Waals surface area contributed by atoms with Crippen molar-refractivity contribution in [2.24, 2.45) is 0 Å². The summed E-state index contributed by atoms with van der Waals surface area (Å²) in [5, 5.41) is -0.00398. The summed E-state index contributed by atoms with van der Waals surface area (Å²) in [5.74, 6) is 0.676. The van der Waals surface area contributed by atoms with E-state index >= 15 is 0 Å². The summed E-state index contributed by atoms with van der Waals surface area (Å²) in [7, 11) is -0.0183. The van der Waals surface area contributed by atoms with Gasteiger partial charge in [-0.15, -0.1) is 0 Å². The van der Waals surface area contributed by atoms with Gasteiger partial charge in [0, 0.05) is 6.54 Å². The number of nitrogens with one attached hydrogen (secondary N) is 1. The van der Waals surface area contributed by atoms with Crippen molar-refractivity contribution in [3.63, 3.8) is 0 Å². The van der Waals surface area contributed by atoms with Gasteiger partial charge in [-0.3, -0.25) is 4.90 Å². The average molecular weight is 331 g/mol. The molecule has 2 aromatic rings. The molecule has 2 heterocycles. The quantitative estimate of drug-likeness (QED) is 0.803. The first-order chi connectivity index (χ1) is 9.90. The molecule has 0 amide bonds. The maximum absolute atomic E-state index is 12.2. The zero-order valence-electron chi connectivity index (χ0n) is 11.5. The van der Waals surface area contributed by atoms with Crippen molar-refractivity contribution in [1.29, 1.82) is 0 Å². The fourth-order valence-corrected chi connectivity index (χ4v) is 2.75. The number of nitrogens with zero attached hydrogens (tertiary/aromatic N) is 3. The van der Waals surface area contributed by atoms with Crippen LogP contribution in [0.2, 0.25) is 5.28 Å². The van der Waals surface area contributed by atoms with E-state index in [1.165, 1.54) is 0 Å². The third-order valence-corrected chi connectivity index (χ3v) is 4.44. The second-order valence-corrected chi connectivity index (χ2v) is 6.64. The molecule has 0 aliphatic carbocycles. The molecule has 1 atom stereocenters. The molecule has 0 fully saturated rings. The molecule has 0 aliphatic rings. The Balaban J connectivity index is 2.11. The summed E-state index contributed by atoms with van der Waals surface area (Å²) < 4.78 is 32.2. The van der Waals surface area contributed by atoms with Crippen molar-refractivity contribution < 1.29 is 12.8 Å². The van der Waals surface area contributed by atoms with E-state index in [0.29, 0.717) is 5.76 Å². The highest BCUT2D eigenvalue weighted by Gasteiger charge is 2.21. The Kier molecular flexibility index (Phi) is 4.94.